The molecule has 0 spiro atoms. The first-order valence-corrected chi connectivity index (χ1v) is 4.32. The van der Waals surface area contributed by atoms with Gasteiger partial charge >= 0.3 is 5.97 Å². The average molecular weight is 185 g/mol. The Morgan fingerprint density at radius 2 is 2.00 bits per heavy atom. The van der Waals surface area contributed by atoms with Gasteiger partial charge in [-0.15, -0.1) is 0 Å². The Balaban J connectivity index is 3.53. The van der Waals surface area contributed by atoms with Crippen LogP contribution in [-0.4, -0.2) is 5.97 Å². The van der Waals surface area contributed by atoms with E-state index in [0.717, 1.165) is 6.42 Å². The molecule has 0 aliphatic rings. The molecule has 0 amide bonds. The van der Waals surface area contributed by atoms with Crippen molar-refractivity contribution >= 4 is 5.97 Å². The van der Waals surface area contributed by atoms with Crippen molar-refractivity contribution in [1.29, 1.82) is 0 Å². The molecule has 0 N–H and O–H groups in total. The molecule has 0 aromatic carbocycles. The fourth-order valence-corrected chi connectivity index (χ4v) is 0.753. The summed E-state index contributed by atoms with van der Waals surface area (Å²) in [7, 11) is -4.60. The van der Waals surface area contributed by atoms with Gasteiger partial charge in [0.15, 0.2) is 0 Å². The number of carbonyl (C=O) groups excluding carboxylic acids is 1. The maximum atomic E-state index is 10.4. The van der Waals surface area contributed by atoms with E-state index in [1.165, 1.54) is 0 Å². The molecule has 11 heavy (non-hydrogen) atoms. The van der Waals surface area contributed by atoms with Crippen molar-refractivity contribution in [2.24, 2.45) is 0 Å². The molecule has 0 saturated carbocycles. The Labute approximate surface area is 66.3 Å². The van der Waals surface area contributed by atoms with Gasteiger partial charge in [0.05, 0.1) is 6.42 Å². The maximum Gasteiger partial charge on any atom is 0.463 e. The third kappa shape index (κ3) is 7.54. The molecule has 0 rings (SSSR count). The first-order valence-electron chi connectivity index (χ1n) is 3.09. The molecule has 0 radical (unpaired) electrons. The van der Waals surface area contributed by atoms with Crippen LogP contribution in [0.1, 0.15) is 26.2 Å². The molecule has 66 valence electrons. The molecule has 0 unspecified atom stereocenters. The highest BCUT2D eigenvalue weighted by Gasteiger charge is 2.24. The maximum absolute atomic E-state index is 10.4. The quantitative estimate of drug-likeness (QED) is 0.486. The van der Waals surface area contributed by atoms with Crippen LogP contribution in [0.2, 0.25) is 0 Å². The smallest absolute Gasteiger partial charge is 0.234 e. The lowest BCUT2D eigenvalue weighted by Gasteiger charge is -2.10. The number of halogens is 1. The van der Waals surface area contributed by atoms with E-state index in [9.17, 15) is 18.8 Å². The SMILES string of the molecule is CCCCC(=O)O[Cl+3]([O-])([O-])[O-]. The van der Waals surface area contributed by atoms with Crippen LogP contribution < -0.4 is 14.0 Å². The van der Waals surface area contributed by atoms with Crippen molar-refractivity contribution in [3.63, 3.8) is 0 Å². The highest BCUT2D eigenvalue weighted by atomic mass is 35.7. The Morgan fingerprint density at radius 3 is 2.36 bits per heavy atom. The van der Waals surface area contributed by atoms with Crippen LogP contribution in [0.5, 0.6) is 0 Å². The summed E-state index contributed by atoms with van der Waals surface area (Å²) < 4.78 is 32.8. The van der Waals surface area contributed by atoms with Gasteiger partial charge in [0, 0.05) is 0 Å². The van der Waals surface area contributed by atoms with E-state index in [2.05, 4.69) is 4.29 Å². The molecular weight excluding hydrogens is 176 g/mol. The zero-order valence-electron chi connectivity index (χ0n) is 6.04. The van der Waals surface area contributed by atoms with Crippen LogP contribution in [0.4, 0.5) is 0 Å². The van der Waals surface area contributed by atoms with Gasteiger partial charge in [0.2, 0.25) is 0 Å². The summed E-state index contributed by atoms with van der Waals surface area (Å²) in [5.41, 5.74) is 0. The predicted octanol–water partition coefficient (Wildman–Crippen LogP) is -2.38. The van der Waals surface area contributed by atoms with Crippen LogP contribution in [0, 0.1) is 10.2 Å². The van der Waals surface area contributed by atoms with Crippen molar-refractivity contribution in [1.82, 2.24) is 0 Å². The second kappa shape index (κ2) is 4.50. The van der Waals surface area contributed by atoms with Gasteiger partial charge in [-0.3, -0.25) is 0 Å². The molecule has 0 heterocycles. The molecule has 0 aromatic rings. The largest absolute Gasteiger partial charge is 0.463 e. The molecular formula is C5H9ClO5. The molecule has 0 aliphatic heterocycles. The minimum atomic E-state index is -4.60. The first kappa shape index (κ1) is 10.6. The van der Waals surface area contributed by atoms with E-state index < -0.39 is 16.2 Å². The molecule has 0 fully saturated rings. The third-order valence-electron chi connectivity index (χ3n) is 0.915. The minimum Gasteiger partial charge on any atom is -0.234 e. The summed E-state index contributed by atoms with van der Waals surface area (Å²) in [5, 5.41) is 0. The van der Waals surface area contributed by atoms with Crippen molar-refractivity contribution in [2.75, 3.05) is 0 Å². The topological polar surface area (TPSA) is 95.5 Å². The summed E-state index contributed by atoms with van der Waals surface area (Å²) in [5.74, 6) is -0.997. The lowest BCUT2D eigenvalue weighted by atomic mass is 10.3. The van der Waals surface area contributed by atoms with Gasteiger partial charge in [-0.1, -0.05) is 13.3 Å². The van der Waals surface area contributed by atoms with Crippen LogP contribution in [-0.2, 0) is 9.08 Å². The average Bonchev–Trinajstić information content (AvgIpc) is 1.79. The van der Waals surface area contributed by atoms with Crippen LogP contribution in [0.15, 0.2) is 0 Å². The molecule has 0 aromatic heterocycles. The highest BCUT2D eigenvalue weighted by molar-refractivity contribution is 5.68. The standard InChI is InChI=1S/C5H9ClO5/c1-2-3-4-5(7)11-6(8,9)10/h2-4H2,1H3. The number of hydrogen-bond donors (Lipinski definition) is 0. The fraction of sp³-hybridized carbons (Fsp3) is 0.800. The molecule has 5 nitrogen and oxygen atoms in total. The lowest BCUT2D eigenvalue weighted by Crippen LogP contribution is -2.61. The van der Waals surface area contributed by atoms with E-state index in [4.69, 9.17) is 0 Å². The zero-order valence-corrected chi connectivity index (χ0v) is 6.80. The van der Waals surface area contributed by atoms with Crippen molar-refractivity contribution in [3.05, 3.63) is 0 Å². The summed E-state index contributed by atoms with van der Waals surface area (Å²) in [6.45, 7) is 1.83. The number of hydrogen-bond acceptors (Lipinski definition) is 5. The normalized spacial score (nSPS) is 11.3. The van der Waals surface area contributed by atoms with Gasteiger partial charge in [0.25, 0.3) is 0 Å². The van der Waals surface area contributed by atoms with E-state index in [0.29, 0.717) is 6.42 Å². The fourth-order valence-electron chi connectivity index (χ4n) is 0.465. The number of rotatable bonds is 4. The summed E-state index contributed by atoms with van der Waals surface area (Å²) >= 11 is 0. The molecule has 6 heteroatoms. The summed E-state index contributed by atoms with van der Waals surface area (Å²) in [6.07, 6.45) is 1.22. The number of carbonyl (C=O) groups is 1. The van der Waals surface area contributed by atoms with E-state index >= 15 is 0 Å². The summed E-state index contributed by atoms with van der Waals surface area (Å²) in [4.78, 5) is 10.4. The molecule has 0 bridgehead atoms. The number of unbranched alkanes of at least 4 members (excludes halogenated alkanes) is 1. The Kier molecular flexibility index (Phi) is 4.36. The van der Waals surface area contributed by atoms with E-state index in [-0.39, 0.29) is 6.42 Å². The van der Waals surface area contributed by atoms with E-state index in [1.807, 2.05) is 6.92 Å². The van der Waals surface area contributed by atoms with E-state index in [1.54, 1.807) is 0 Å². The van der Waals surface area contributed by atoms with Crippen molar-refractivity contribution < 1.29 is 33.3 Å². The predicted molar refractivity (Wildman–Crippen MR) is 25.6 cm³/mol. The molecule has 0 atom stereocenters. The lowest BCUT2D eigenvalue weighted by molar-refractivity contribution is -1.92. The Bertz CT molecular complexity index is 129. The van der Waals surface area contributed by atoms with Crippen LogP contribution in [0.25, 0.3) is 0 Å². The van der Waals surface area contributed by atoms with Gasteiger partial charge in [0.1, 0.15) is 10.2 Å². The van der Waals surface area contributed by atoms with Crippen LogP contribution in [0.3, 0.4) is 0 Å². The van der Waals surface area contributed by atoms with Crippen molar-refractivity contribution in [2.45, 2.75) is 26.2 Å². The summed E-state index contributed by atoms with van der Waals surface area (Å²) in [6, 6.07) is 0. The Hall–Kier alpha value is -0.360. The second-order valence-corrected chi connectivity index (χ2v) is 2.84. The van der Waals surface area contributed by atoms with Gasteiger partial charge in [-0.25, -0.2) is 4.79 Å². The first-order chi connectivity index (χ1) is 4.95. The Morgan fingerprint density at radius 1 is 1.45 bits per heavy atom. The van der Waals surface area contributed by atoms with Gasteiger partial charge in [-0.05, 0) is 10.7 Å². The molecule has 0 saturated heterocycles. The van der Waals surface area contributed by atoms with Crippen LogP contribution >= 0.6 is 0 Å². The highest BCUT2D eigenvalue weighted by Crippen LogP contribution is 1.99. The molecule has 0 aliphatic carbocycles. The minimum absolute atomic E-state index is 0.0367. The second-order valence-electron chi connectivity index (χ2n) is 1.93. The third-order valence-corrected chi connectivity index (χ3v) is 1.28. The monoisotopic (exact) mass is 184 g/mol. The zero-order chi connectivity index (χ0) is 8.91. The van der Waals surface area contributed by atoms with Gasteiger partial charge in [-0.2, -0.15) is 14.0 Å². The van der Waals surface area contributed by atoms with Crippen molar-refractivity contribution in [3.8, 4) is 0 Å². The van der Waals surface area contributed by atoms with Gasteiger partial charge < -0.3 is 0 Å².